The van der Waals surface area contributed by atoms with E-state index in [1.165, 1.54) is 0 Å². The van der Waals surface area contributed by atoms with E-state index in [4.69, 9.17) is 4.42 Å². The highest BCUT2D eigenvalue weighted by Gasteiger charge is 2.13. The molecule has 0 unspecified atom stereocenters. The summed E-state index contributed by atoms with van der Waals surface area (Å²) in [7, 11) is 3.77. The number of nitrogens with one attached hydrogen (secondary N) is 1. The molecule has 2 aromatic rings. The van der Waals surface area contributed by atoms with Crippen molar-refractivity contribution in [3.63, 3.8) is 0 Å². The Morgan fingerprint density at radius 2 is 1.95 bits per heavy atom. The fourth-order valence-electron chi connectivity index (χ4n) is 2.03. The van der Waals surface area contributed by atoms with Gasteiger partial charge in [0.2, 0.25) is 5.95 Å². The lowest BCUT2D eigenvalue weighted by Gasteiger charge is -2.12. The number of carbonyl (C=O) groups excluding carboxylic acids is 1. The number of nitrogens with zero attached hydrogens (tertiary/aromatic N) is 3. The minimum Gasteiger partial charge on any atom is -0.466 e. The van der Waals surface area contributed by atoms with Crippen molar-refractivity contribution >= 4 is 11.9 Å². The monoisotopic (exact) mass is 288 g/mol. The molecule has 2 heterocycles. The summed E-state index contributed by atoms with van der Waals surface area (Å²) in [6.45, 7) is 5.86. The molecule has 6 nitrogen and oxygen atoms in total. The number of aromatic nitrogens is 2. The van der Waals surface area contributed by atoms with Gasteiger partial charge in [-0.3, -0.25) is 4.79 Å². The van der Waals surface area contributed by atoms with Crippen LogP contribution in [0.5, 0.6) is 0 Å². The van der Waals surface area contributed by atoms with Crippen molar-refractivity contribution in [2.24, 2.45) is 0 Å². The van der Waals surface area contributed by atoms with Crippen LogP contribution in [0.4, 0.5) is 5.95 Å². The van der Waals surface area contributed by atoms with E-state index in [2.05, 4.69) is 15.3 Å². The standard InChI is InChI=1S/C15H20N4O2/c1-9-6-12(18-15(17-9)19(4)5)8-16-14(20)13-7-10(2)21-11(13)3/h6-7H,8H2,1-5H3,(H,16,20). The van der Waals surface area contributed by atoms with Crippen LogP contribution in [0.2, 0.25) is 0 Å². The maximum absolute atomic E-state index is 12.1. The minimum absolute atomic E-state index is 0.160. The van der Waals surface area contributed by atoms with Crippen molar-refractivity contribution in [1.29, 1.82) is 0 Å². The van der Waals surface area contributed by atoms with Crippen LogP contribution < -0.4 is 10.2 Å². The Bertz CT molecular complexity index is 662. The van der Waals surface area contributed by atoms with Gasteiger partial charge < -0.3 is 14.6 Å². The van der Waals surface area contributed by atoms with Gasteiger partial charge in [-0.1, -0.05) is 0 Å². The second kappa shape index (κ2) is 5.95. The Morgan fingerprint density at radius 3 is 2.52 bits per heavy atom. The lowest BCUT2D eigenvalue weighted by molar-refractivity contribution is 0.0949. The van der Waals surface area contributed by atoms with E-state index < -0.39 is 0 Å². The van der Waals surface area contributed by atoms with Gasteiger partial charge in [0.05, 0.1) is 17.8 Å². The number of hydrogen-bond acceptors (Lipinski definition) is 5. The number of aryl methyl sites for hydroxylation is 3. The Hall–Kier alpha value is -2.37. The van der Waals surface area contributed by atoms with Crippen LogP contribution in [0.1, 0.15) is 33.3 Å². The minimum atomic E-state index is -0.160. The van der Waals surface area contributed by atoms with Crippen LogP contribution in [0.15, 0.2) is 16.5 Å². The Kier molecular flexibility index (Phi) is 4.26. The van der Waals surface area contributed by atoms with E-state index in [0.29, 0.717) is 23.8 Å². The zero-order valence-corrected chi connectivity index (χ0v) is 13.0. The van der Waals surface area contributed by atoms with E-state index in [1.54, 1.807) is 13.0 Å². The molecule has 0 saturated carbocycles. The first-order chi connectivity index (χ1) is 9.86. The molecular weight excluding hydrogens is 268 g/mol. The average Bonchev–Trinajstić information content (AvgIpc) is 2.74. The first-order valence-corrected chi connectivity index (χ1v) is 6.74. The SMILES string of the molecule is Cc1cc(CNC(=O)c2cc(C)oc2C)nc(N(C)C)n1. The molecule has 0 spiro atoms. The predicted molar refractivity (Wildman–Crippen MR) is 80.4 cm³/mol. The maximum Gasteiger partial charge on any atom is 0.255 e. The van der Waals surface area contributed by atoms with Gasteiger partial charge in [-0.15, -0.1) is 0 Å². The molecule has 0 atom stereocenters. The lowest BCUT2D eigenvalue weighted by Crippen LogP contribution is -2.24. The van der Waals surface area contributed by atoms with Gasteiger partial charge >= 0.3 is 0 Å². The van der Waals surface area contributed by atoms with Crippen molar-refractivity contribution in [2.75, 3.05) is 19.0 Å². The van der Waals surface area contributed by atoms with Crippen LogP contribution in [0, 0.1) is 20.8 Å². The van der Waals surface area contributed by atoms with Gasteiger partial charge in [-0.05, 0) is 32.9 Å². The van der Waals surface area contributed by atoms with Gasteiger partial charge in [-0.25, -0.2) is 9.97 Å². The van der Waals surface area contributed by atoms with Crippen LogP contribution in [-0.4, -0.2) is 30.0 Å². The lowest BCUT2D eigenvalue weighted by atomic mass is 10.2. The third-order valence-electron chi connectivity index (χ3n) is 3.01. The molecule has 2 aromatic heterocycles. The Labute approximate surface area is 124 Å². The summed E-state index contributed by atoms with van der Waals surface area (Å²) in [4.78, 5) is 22.7. The van der Waals surface area contributed by atoms with Crippen molar-refractivity contribution in [2.45, 2.75) is 27.3 Å². The van der Waals surface area contributed by atoms with Gasteiger partial charge in [0.1, 0.15) is 11.5 Å². The van der Waals surface area contributed by atoms with Crippen molar-refractivity contribution in [1.82, 2.24) is 15.3 Å². The molecule has 2 rings (SSSR count). The molecule has 6 heteroatoms. The molecule has 21 heavy (non-hydrogen) atoms. The topological polar surface area (TPSA) is 71.3 Å². The molecule has 0 saturated heterocycles. The van der Waals surface area contributed by atoms with Gasteiger partial charge in [0.15, 0.2) is 0 Å². The van der Waals surface area contributed by atoms with E-state index in [-0.39, 0.29) is 5.91 Å². The number of furan rings is 1. The van der Waals surface area contributed by atoms with Gasteiger partial charge in [0.25, 0.3) is 5.91 Å². The van der Waals surface area contributed by atoms with Crippen LogP contribution in [-0.2, 0) is 6.54 Å². The number of rotatable bonds is 4. The van der Waals surface area contributed by atoms with Crippen molar-refractivity contribution in [3.05, 3.63) is 40.6 Å². The summed E-state index contributed by atoms with van der Waals surface area (Å²) in [6, 6.07) is 3.60. The second-order valence-corrected chi connectivity index (χ2v) is 5.20. The van der Waals surface area contributed by atoms with Gasteiger partial charge in [-0.2, -0.15) is 0 Å². The normalized spacial score (nSPS) is 10.5. The molecule has 1 N–H and O–H groups in total. The predicted octanol–water partition coefficient (Wildman–Crippen LogP) is 1.99. The molecule has 1 amide bonds. The van der Waals surface area contributed by atoms with Crippen LogP contribution in [0.25, 0.3) is 0 Å². The van der Waals surface area contributed by atoms with Crippen LogP contribution >= 0.6 is 0 Å². The first-order valence-electron chi connectivity index (χ1n) is 6.74. The van der Waals surface area contributed by atoms with Crippen molar-refractivity contribution in [3.8, 4) is 0 Å². The summed E-state index contributed by atoms with van der Waals surface area (Å²) in [5.74, 6) is 1.82. The van der Waals surface area contributed by atoms with E-state index >= 15 is 0 Å². The number of anilines is 1. The number of carbonyl (C=O) groups is 1. The van der Waals surface area contributed by atoms with E-state index in [1.807, 2.05) is 38.9 Å². The summed E-state index contributed by atoms with van der Waals surface area (Å²) in [5, 5.41) is 2.86. The molecule has 0 aromatic carbocycles. The first kappa shape index (κ1) is 15.0. The summed E-state index contributed by atoms with van der Waals surface area (Å²) >= 11 is 0. The third kappa shape index (κ3) is 3.59. The van der Waals surface area contributed by atoms with E-state index in [0.717, 1.165) is 17.1 Å². The highest BCUT2D eigenvalue weighted by Crippen LogP contribution is 2.14. The molecular formula is C15H20N4O2. The Balaban J connectivity index is 2.09. The molecule has 0 bridgehead atoms. The average molecular weight is 288 g/mol. The quantitative estimate of drug-likeness (QED) is 0.931. The largest absolute Gasteiger partial charge is 0.466 e. The van der Waals surface area contributed by atoms with Crippen LogP contribution in [0.3, 0.4) is 0 Å². The maximum atomic E-state index is 12.1. The molecule has 0 aliphatic heterocycles. The fraction of sp³-hybridized carbons (Fsp3) is 0.400. The fourth-order valence-corrected chi connectivity index (χ4v) is 2.03. The van der Waals surface area contributed by atoms with E-state index in [9.17, 15) is 4.79 Å². The molecule has 112 valence electrons. The highest BCUT2D eigenvalue weighted by atomic mass is 16.3. The molecule has 0 radical (unpaired) electrons. The summed E-state index contributed by atoms with van der Waals surface area (Å²) in [6.07, 6.45) is 0. The number of hydrogen-bond donors (Lipinski definition) is 1. The smallest absolute Gasteiger partial charge is 0.255 e. The zero-order chi connectivity index (χ0) is 15.6. The summed E-state index contributed by atoms with van der Waals surface area (Å²) in [5.41, 5.74) is 2.21. The van der Waals surface area contributed by atoms with Crippen molar-refractivity contribution < 1.29 is 9.21 Å². The van der Waals surface area contributed by atoms with Gasteiger partial charge in [0, 0.05) is 19.8 Å². The zero-order valence-electron chi connectivity index (χ0n) is 13.0. The summed E-state index contributed by atoms with van der Waals surface area (Å²) < 4.78 is 5.36. The highest BCUT2D eigenvalue weighted by molar-refractivity contribution is 5.95. The third-order valence-corrected chi connectivity index (χ3v) is 3.01. The molecule has 0 aliphatic rings. The Morgan fingerprint density at radius 1 is 1.24 bits per heavy atom. The number of amides is 1. The second-order valence-electron chi connectivity index (χ2n) is 5.20. The molecule has 0 aliphatic carbocycles. The molecule has 0 fully saturated rings.